The maximum Gasteiger partial charge on any atom is 0.328 e. The Morgan fingerprint density at radius 2 is 1.93 bits per heavy atom. The molecule has 27 heavy (non-hydrogen) atoms. The van der Waals surface area contributed by atoms with Crippen molar-refractivity contribution in [3.63, 3.8) is 0 Å². The second kappa shape index (κ2) is 10.3. The zero-order chi connectivity index (χ0) is 19.6. The van der Waals surface area contributed by atoms with E-state index < -0.39 is 5.97 Å². The van der Waals surface area contributed by atoms with Crippen molar-refractivity contribution in [3.8, 4) is 17.2 Å². The molecule has 0 bridgehead atoms. The van der Waals surface area contributed by atoms with E-state index in [0.29, 0.717) is 11.5 Å². The van der Waals surface area contributed by atoms with Gasteiger partial charge in [-0.25, -0.2) is 4.79 Å². The van der Waals surface area contributed by atoms with Gasteiger partial charge in [0.25, 0.3) is 0 Å². The van der Waals surface area contributed by atoms with Crippen LogP contribution in [0.5, 0.6) is 0 Å². The Kier molecular flexibility index (Phi) is 7.82. The summed E-state index contributed by atoms with van der Waals surface area (Å²) in [4.78, 5) is 11.0. The number of hydrogen-bond donors (Lipinski definition) is 1. The van der Waals surface area contributed by atoms with Gasteiger partial charge in [0.2, 0.25) is 0 Å². The maximum absolute atomic E-state index is 11.0. The molecule has 1 atom stereocenters. The lowest BCUT2D eigenvalue weighted by atomic mass is 9.83. The minimum absolute atomic E-state index is 0.512. The first-order valence-electron chi connectivity index (χ1n) is 9.63. The van der Waals surface area contributed by atoms with Crippen LogP contribution in [0.25, 0.3) is 17.2 Å². The van der Waals surface area contributed by atoms with Gasteiger partial charge in [-0.05, 0) is 41.2 Å². The van der Waals surface area contributed by atoms with E-state index >= 15 is 0 Å². The molecule has 1 N–H and O–H groups in total. The monoisotopic (exact) mass is 361 g/mol. The molecule has 0 aliphatic rings. The number of nitrogens with zero attached hydrogens (tertiary/aromatic N) is 1. The lowest BCUT2D eigenvalue weighted by Crippen LogP contribution is -2.07. The summed E-state index contributed by atoms with van der Waals surface area (Å²) in [6.07, 6.45) is 8.21. The molecule has 2 rings (SSSR count). The minimum Gasteiger partial charge on any atom is -0.478 e. The molecule has 0 spiro atoms. The molecule has 0 heterocycles. The molecule has 3 nitrogen and oxygen atoms in total. The molecule has 140 valence electrons. The predicted octanol–water partition coefficient (Wildman–Crippen LogP) is 6.08. The second-order valence-electron chi connectivity index (χ2n) is 6.83. The van der Waals surface area contributed by atoms with Crippen LogP contribution in [0.15, 0.2) is 48.5 Å². The minimum atomic E-state index is -0.968. The van der Waals surface area contributed by atoms with Crippen molar-refractivity contribution in [2.24, 2.45) is 5.92 Å². The van der Waals surface area contributed by atoms with Crippen LogP contribution in [-0.4, -0.2) is 11.1 Å². The van der Waals surface area contributed by atoms with Crippen LogP contribution in [-0.2, 0) is 11.2 Å². The summed E-state index contributed by atoms with van der Waals surface area (Å²) in [5, 5.41) is 18.7. The third-order valence-corrected chi connectivity index (χ3v) is 4.97. The van der Waals surface area contributed by atoms with E-state index in [2.05, 4.69) is 19.9 Å². The largest absolute Gasteiger partial charge is 0.478 e. The van der Waals surface area contributed by atoms with Gasteiger partial charge in [0.15, 0.2) is 0 Å². The summed E-state index contributed by atoms with van der Waals surface area (Å²) in [6.45, 7) is 4.39. The highest BCUT2D eigenvalue weighted by Crippen LogP contribution is 2.34. The van der Waals surface area contributed by atoms with Crippen LogP contribution in [0, 0.1) is 17.2 Å². The molecular formula is C24H27NO2. The normalized spacial score (nSPS) is 12.0. The van der Waals surface area contributed by atoms with Crippen molar-refractivity contribution >= 4 is 12.0 Å². The molecule has 0 aliphatic carbocycles. The summed E-state index contributed by atoms with van der Waals surface area (Å²) in [6, 6.07) is 15.9. The number of carboxylic acids is 1. The summed E-state index contributed by atoms with van der Waals surface area (Å²) >= 11 is 0. The smallest absolute Gasteiger partial charge is 0.328 e. The third kappa shape index (κ3) is 5.56. The third-order valence-electron chi connectivity index (χ3n) is 4.97. The highest BCUT2D eigenvalue weighted by molar-refractivity contribution is 5.87. The highest BCUT2D eigenvalue weighted by atomic mass is 16.4. The molecule has 0 aromatic heterocycles. The number of unbranched alkanes of at least 4 members (excludes halogenated alkanes) is 1. The van der Waals surface area contributed by atoms with Crippen molar-refractivity contribution in [1.82, 2.24) is 0 Å². The van der Waals surface area contributed by atoms with E-state index in [4.69, 9.17) is 5.11 Å². The van der Waals surface area contributed by atoms with Crippen molar-refractivity contribution < 1.29 is 9.90 Å². The SMILES string of the molecule is CCCCC(CC)Cc1c(C=CC(=O)O)ccc(C#N)c1-c1ccccc1. The van der Waals surface area contributed by atoms with Crippen molar-refractivity contribution in [1.29, 1.82) is 5.26 Å². The van der Waals surface area contributed by atoms with E-state index in [-0.39, 0.29) is 0 Å². The van der Waals surface area contributed by atoms with Crippen molar-refractivity contribution in [2.45, 2.75) is 46.0 Å². The number of rotatable bonds is 9. The zero-order valence-corrected chi connectivity index (χ0v) is 16.1. The number of carbonyl (C=O) groups is 1. The summed E-state index contributed by atoms with van der Waals surface area (Å²) < 4.78 is 0. The Morgan fingerprint density at radius 3 is 2.52 bits per heavy atom. The summed E-state index contributed by atoms with van der Waals surface area (Å²) in [7, 11) is 0. The Bertz CT molecular complexity index is 831. The Labute approximate surface area is 162 Å². The first-order chi connectivity index (χ1) is 13.1. The average molecular weight is 361 g/mol. The molecule has 2 aromatic rings. The average Bonchev–Trinajstić information content (AvgIpc) is 2.69. The number of benzene rings is 2. The van der Waals surface area contributed by atoms with E-state index in [1.54, 1.807) is 12.1 Å². The molecule has 0 aliphatic heterocycles. The van der Waals surface area contributed by atoms with Gasteiger partial charge in [0.1, 0.15) is 0 Å². The number of nitriles is 1. The Hall–Kier alpha value is -2.86. The van der Waals surface area contributed by atoms with Gasteiger partial charge in [-0.15, -0.1) is 0 Å². The number of carboxylic acid groups (broad SMARTS) is 1. The molecule has 0 saturated heterocycles. The second-order valence-corrected chi connectivity index (χ2v) is 6.83. The maximum atomic E-state index is 11.0. The molecule has 1 unspecified atom stereocenters. The van der Waals surface area contributed by atoms with Gasteiger partial charge in [-0.2, -0.15) is 5.26 Å². The fourth-order valence-corrected chi connectivity index (χ4v) is 3.46. The van der Waals surface area contributed by atoms with E-state index in [9.17, 15) is 10.1 Å². The molecule has 0 fully saturated rings. The molecular weight excluding hydrogens is 334 g/mol. The van der Waals surface area contributed by atoms with Crippen LogP contribution in [0.2, 0.25) is 0 Å². The lowest BCUT2D eigenvalue weighted by Gasteiger charge is -2.20. The summed E-state index contributed by atoms with van der Waals surface area (Å²) in [5.41, 5.74) is 4.51. The molecule has 2 aromatic carbocycles. The van der Waals surface area contributed by atoms with Crippen LogP contribution in [0.1, 0.15) is 56.2 Å². The highest BCUT2D eigenvalue weighted by Gasteiger charge is 2.18. The first kappa shape index (κ1) is 20.5. The van der Waals surface area contributed by atoms with Crippen molar-refractivity contribution in [2.75, 3.05) is 0 Å². The Balaban J connectivity index is 2.62. The number of aliphatic carboxylic acids is 1. The van der Waals surface area contributed by atoms with Crippen LogP contribution < -0.4 is 0 Å². The quantitative estimate of drug-likeness (QED) is 0.550. The van der Waals surface area contributed by atoms with Gasteiger partial charge in [-0.1, -0.05) is 75.9 Å². The fraction of sp³-hybridized carbons (Fsp3) is 0.333. The van der Waals surface area contributed by atoms with E-state index in [1.165, 1.54) is 12.5 Å². The van der Waals surface area contributed by atoms with E-state index in [0.717, 1.165) is 47.9 Å². The summed E-state index contributed by atoms with van der Waals surface area (Å²) in [5.74, 6) is -0.456. The predicted molar refractivity (Wildman–Crippen MR) is 110 cm³/mol. The first-order valence-corrected chi connectivity index (χ1v) is 9.63. The van der Waals surface area contributed by atoms with Crippen LogP contribution >= 0.6 is 0 Å². The topological polar surface area (TPSA) is 61.1 Å². The van der Waals surface area contributed by atoms with Gasteiger partial charge in [-0.3, -0.25) is 0 Å². The van der Waals surface area contributed by atoms with Gasteiger partial charge in [0.05, 0.1) is 11.6 Å². The fourth-order valence-electron chi connectivity index (χ4n) is 3.46. The number of hydrogen-bond acceptors (Lipinski definition) is 2. The zero-order valence-electron chi connectivity index (χ0n) is 16.1. The van der Waals surface area contributed by atoms with Crippen LogP contribution in [0.4, 0.5) is 0 Å². The molecule has 0 radical (unpaired) electrons. The van der Waals surface area contributed by atoms with Gasteiger partial charge >= 0.3 is 5.97 Å². The van der Waals surface area contributed by atoms with Crippen molar-refractivity contribution in [3.05, 3.63) is 65.2 Å². The molecule has 3 heteroatoms. The standard InChI is InChI=1S/C24H27NO2/c1-3-5-9-18(4-2)16-22-19(14-15-23(26)27)12-13-21(17-25)24(22)20-10-7-6-8-11-20/h6-8,10-15,18H,3-5,9,16H2,1-2H3,(H,26,27). The lowest BCUT2D eigenvalue weighted by molar-refractivity contribution is -0.131. The van der Waals surface area contributed by atoms with E-state index in [1.807, 2.05) is 36.4 Å². The molecule has 0 amide bonds. The molecule has 0 saturated carbocycles. The van der Waals surface area contributed by atoms with Gasteiger partial charge < -0.3 is 5.11 Å². The van der Waals surface area contributed by atoms with Crippen LogP contribution in [0.3, 0.4) is 0 Å². The van der Waals surface area contributed by atoms with Gasteiger partial charge in [0, 0.05) is 11.6 Å². The Morgan fingerprint density at radius 1 is 1.19 bits per heavy atom.